The van der Waals surface area contributed by atoms with Crippen molar-refractivity contribution >= 4 is 11.6 Å². The number of halogens is 1. The first kappa shape index (κ1) is 16.4. The van der Waals surface area contributed by atoms with Gasteiger partial charge in [-0.25, -0.2) is 14.4 Å². The van der Waals surface area contributed by atoms with Crippen LogP contribution in [0.5, 0.6) is 5.75 Å². The van der Waals surface area contributed by atoms with Gasteiger partial charge in [0.25, 0.3) is 0 Å². The SMILES string of the molecule is COc1cccc(F)c1[C@H](C)Nc1cc(N2CCOCC2)ncn1. The fraction of sp³-hybridized carbons (Fsp3) is 0.412. The summed E-state index contributed by atoms with van der Waals surface area (Å²) in [7, 11) is 1.53. The smallest absolute Gasteiger partial charge is 0.134 e. The molecular weight excluding hydrogens is 311 g/mol. The van der Waals surface area contributed by atoms with Crippen molar-refractivity contribution in [3.8, 4) is 5.75 Å². The van der Waals surface area contributed by atoms with E-state index < -0.39 is 0 Å². The lowest BCUT2D eigenvalue weighted by Crippen LogP contribution is -2.36. The highest BCUT2D eigenvalue weighted by Crippen LogP contribution is 2.30. The number of nitrogens with zero attached hydrogens (tertiary/aromatic N) is 3. The molecular formula is C17H21FN4O2. The van der Waals surface area contributed by atoms with Crippen molar-refractivity contribution in [3.63, 3.8) is 0 Å². The number of anilines is 2. The van der Waals surface area contributed by atoms with Gasteiger partial charge in [0.15, 0.2) is 0 Å². The van der Waals surface area contributed by atoms with E-state index in [2.05, 4.69) is 20.2 Å². The minimum absolute atomic E-state index is 0.298. The summed E-state index contributed by atoms with van der Waals surface area (Å²) >= 11 is 0. The maximum atomic E-state index is 14.2. The number of ether oxygens (including phenoxy) is 2. The second-order valence-electron chi connectivity index (χ2n) is 5.58. The van der Waals surface area contributed by atoms with Crippen LogP contribution in [0.1, 0.15) is 18.5 Å². The number of hydrogen-bond acceptors (Lipinski definition) is 6. The maximum Gasteiger partial charge on any atom is 0.134 e. The molecule has 6 nitrogen and oxygen atoms in total. The van der Waals surface area contributed by atoms with Gasteiger partial charge < -0.3 is 19.7 Å². The molecule has 0 bridgehead atoms. The number of benzene rings is 1. The number of nitrogens with one attached hydrogen (secondary N) is 1. The van der Waals surface area contributed by atoms with Gasteiger partial charge >= 0.3 is 0 Å². The molecule has 1 aliphatic rings. The van der Waals surface area contributed by atoms with Crippen LogP contribution in [-0.2, 0) is 4.74 Å². The average molecular weight is 332 g/mol. The Labute approximate surface area is 140 Å². The van der Waals surface area contributed by atoms with E-state index in [0.717, 1.165) is 18.9 Å². The molecule has 1 aromatic heterocycles. The minimum atomic E-state index is -0.309. The van der Waals surface area contributed by atoms with E-state index >= 15 is 0 Å². The van der Waals surface area contributed by atoms with Crippen LogP contribution < -0.4 is 15.0 Å². The van der Waals surface area contributed by atoms with E-state index in [-0.39, 0.29) is 11.9 Å². The van der Waals surface area contributed by atoms with E-state index in [1.165, 1.54) is 19.5 Å². The molecule has 1 saturated heterocycles. The van der Waals surface area contributed by atoms with Gasteiger partial charge in [0.05, 0.1) is 31.9 Å². The first-order valence-electron chi connectivity index (χ1n) is 7.92. The highest BCUT2D eigenvalue weighted by molar-refractivity contribution is 5.51. The van der Waals surface area contributed by atoms with Crippen molar-refractivity contribution in [1.29, 1.82) is 0 Å². The van der Waals surface area contributed by atoms with Crippen LogP contribution in [0, 0.1) is 5.82 Å². The molecule has 1 aliphatic heterocycles. The van der Waals surface area contributed by atoms with Crippen molar-refractivity contribution in [2.24, 2.45) is 0 Å². The van der Waals surface area contributed by atoms with Crippen LogP contribution in [0.15, 0.2) is 30.6 Å². The van der Waals surface area contributed by atoms with Gasteiger partial charge in [-0.05, 0) is 19.1 Å². The van der Waals surface area contributed by atoms with Crippen LogP contribution >= 0.6 is 0 Å². The summed E-state index contributed by atoms with van der Waals surface area (Å²) in [4.78, 5) is 10.7. The zero-order valence-electron chi connectivity index (χ0n) is 13.8. The van der Waals surface area contributed by atoms with Gasteiger partial charge in [-0.2, -0.15) is 0 Å². The molecule has 2 heterocycles. The van der Waals surface area contributed by atoms with E-state index in [0.29, 0.717) is 30.3 Å². The van der Waals surface area contributed by atoms with Crippen molar-refractivity contribution < 1.29 is 13.9 Å². The number of aromatic nitrogens is 2. The summed E-state index contributed by atoms with van der Waals surface area (Å²) in [6.07, 6.45) is 1.51. The Bertz CT molecular complexity index is 692. The molecule has 128 valence electrons. The predicted octanol–water partition coefficient (Wildman–Crippen LogP) is 2.63. The number of rotatable bonds is 5. The largest absolute Gasteiger partial charge is 0.496 e. The van der Waals surface area contributed by atoms with Gasteiger partial charge in [-0.15, -0.1) is 0 Å². The van der Waals surface area contributed by atoms with Crippen molar-refractivity contribution in [3.05, 3.63) is 42.0 Å². The molecule has 0 spiro atoms. The zero-order valence-corrected chi connectivity index (χ0v) is 13.8. The zero-order chi connectivity index (χ0) is 16.9. The summed E-state index contributed by atoms with van der Waals surface area (Å²) < 4.78 is 24.8. The third-order valence-electron chi connectivity index (χ3n) is 4.02. The van der Waals surface area contributed by atoms with E-state index in [4.69, 9.17) is 9.47 Å². The van der Waals surface area contributed by atoms with Crippen LogP contribution in [0.25, 0.3) is 0 Å². The topological polar surface area (TPSA) is 59.5 Å². The Morgan fingerprint density at radius 2 is 2.08 bits per heavy atom. The summed E-state index contributed by atoms with van der Waals surface area (Å²) in [6.45, 7) is 4.85. The lowest BCUT2D eigenvalue weighted by atomic mass is 10.1. The van der Waals surface area contributed by atoms with E-state index in [1.807, 2.05) is 13.0 Å². The number of morpholine rings is 1. The molecule has 0 aliphatic carbocycles. The molecule has 0 amide bonds. The molecule has 2 aromatic rings. The third kappa shape index (κ3) is 3.56. The van der Waals surface area contributed by atoms with Crippen molar-refractivity contribution in [2.75, 3.05) is 43.6 Å². The van der Waals surface area contributed by atoms with Gasteiger partial charge in [0.2, 0.25) is 0 Å². The number of methoxy groups -OCH3 is 1. The second kappa shape index (κ2) is 7.44. The molecule has 1 aromatic carbocycles. The molecule has 0 unspecified atom stereocenters. The highest BCUT2D eigenvalue weighted by atomic mass is 19.1. The molecule has 0 saturated carbocycles. The summed E-state index contributed by atoms with van der Waals surface area (Å²) in [5.74, 6) is 1.68. The predicted molar refractivity (Wildman–Crippen MR) is 90.1 cm³/mol. The molecule has 1 N–H and O–H groups in total. The fourth-order valence-electron chi connectivity index (χ4n) is 2.80. The highest BCUT2D eigenvalue weighted by Gasteiger charge is 2.18. The molecule has 7 heteroatoms. The lowest BCUT2D eigenvalue weighted by Gasteiger charge is -2.28. The monoisotopic (exact) mass is 332 g/mol. The van der Waals surface area contributed by atoms with Crippen LogP contribution in [-0.4, -0.2) is 43.4 Å². The van der Waals surface area contributed by atoms with E-state index in [9.17, 15) is 4.39 Å². The Balaban J connectivity index is 1.78. The lowest BCUT2D eigenvalue weighted by molar-refractivity contribution is 0.122. The summed E-state index contributed by atoms with van der Waals surface area (Å²) in [5.41, 5.74) is 0.478. The molecule has 3 rings (SSSR count). The Kier molecular flexibility index (Phi) is 5.10. The standard InChI is InChI=1S/C17H21FN4O2/c1-12(17-13(18)4-3-5-14(17)23-2)21-15-10-16(20-11-19-15)22-6-8-24-9-7-22/h3-5,10-12H,6-9H2,1-2H3,(H,19,20,21)/t12-/m0/s1. The van der Waals surface area contributed by atoms with Crippen molar-refractivity contribution in [2.45, 2.75) is 13.0 Å². The summed E-state index contributed by atoms with van der Waals surface area (Å²) in [6, 6.07) is 6.37. The quantitative estimate of drug-likeness (QED) is 0.908. The Morgan fingerprint density at radius 3 is 2.83 bits per heavy atom. The molecule has 0 radical (unpaired) electrons. The minimum Gasteiger partial charge on any atom is -0.496 e. The van der Waals surface area contributed by atoms with Crippen molar-refractivity contribution in [1.82, 2.24) is 9.97 Å². The first-order chi connectivity index (χ1) is 11.7. The van der Waals surface area contributed by atoms with Gasteiger partial charge in [0, 0.05) is 19.2 Å². The normalized spacial score (nSPS) is 15.9. The van der Waals surface area contributed by atoms with Gasteiger partial charge in [-0.1, -0.05) is 6.07 Å². The molecule has 1 atom stereocenters. The maximum absolute atomic E-state index is 14.2. The molecule has 24 heavy (non-hydrogen) atoms. The average Bonchev–Trinajstić information content (AvgIpc) is 2.62. The van der Waals surface area contributed by atoms with Crippen LogP contribution in [0.4, 0.5) is 16.0 Å². The first-order valence-corrected chi connectivity index (χ1v) is 7.92. The van der Waals surface area contributed by atoms with Crippen LogP contribution in [0.3, 0.4) is 0 Å². The second-order valence-corrected chi connectivity index (χ2v) is 5.58. The van der Waals surface area contributed by atoms with Gasteiger partial charge in [-0.3, -0.25) is 0 Å². The summed E-state index contributed by atoms with van der Waals surface area (Å²) in [5, 5.41) is 3.22. The van der Waals surface area contributed by atoms with E-state index in [1.54, 1.807) is 12.1 Å². The Hall–Kier alpha value is -2.41. The Morgan fingerprint density at radius 1 is 1.29 bits per heavy atom. The molecule has 1 fully saturated rings. The van der Waals surface area contributed by atoms with Gasteiger partial charge in [0.1, 0.15) is 29.5 Å². The third-order valence-corrected chi connectivity index (χ3v) is 4.02. The van der Waals surface area contributed by atoms with Crippen LogP contribution in [0.2, 0.25) is 0 Å². The fourth-order valence-corrected chi connectivity index (χ4v) is 2.80. The number of hydrogen-bond donors (Lipinski definition) is 1.